The van der Waals surface area contributed by atoms with Gasteiger partial charge >= 0.3 is 5.97 Å². The van der Waals surface area contributed by atoms with Gasteiger partial charge in [-0.2, -0.15) is 0 Å². The van der Waals surface area contributed by atoms with Gasteiger partial charge in [0.2, 0.25) is 0 Å². The van der Waals surface area contributed by atoms with Crippen LogP contribution in [-0.4, -0.2) is 38.9 Å². The number of cyclic esters (lactones) is 1. The third-order valence-electron chi connectivity index (χ3n) is 9.60. The zero-order valence-electron chi connectivity index (χ0n) is 24.2. The quantitative estimate of drug-likeness (QED) is 0.275. The maximum absolute atomic E-state index is 13.7. The van der Waals surface area contributed by atoms with Gasteiger partial charge in [0.15, 0.2) is 5.60 Å². The molecule has 1 saturated carbocycles. The number of benzene rings is 2. The monoisotopic (exact) mass is 570 g/mol. The Morgan fingerprint density at radius 1 is 0.976 bits per heavy atom. The van der Waals surface area contributed by atoms with Gasteiger partial charge in [-0.15, -0.1) is 0 Å². The molecule has 4 atom stereocenters. The summed E-state index contributed by atoms with van der Waals surface area (Å²) in [5.74, 6) is -0.214. The Hall–Kier alpha value is -3.42. The predicted molar refractivity (Wildman–Crippen MR) is 159 cm³/mol. The van der Waals surface area contributed by atoms with Crippen LogP contribution in [0.2, 0.25) is 5.04 Å². The molecule has 7 heteroatoms. The van der Waals surface area contributed by atoms with Crippen LogP contribution in [0.1, 0.15) is 52.5 Å². The molecule has 41 heavy (non-hydrogen) atoms. The largest absolute Gasteiger partial charge is 0.481 e. The van der Waals surface area contributed by atoms with Gasteiger partial charge in [0.1, 0.15) is 29.8 Å². The number of carbonyl (C=O) groups excluding carboxylic acids is 2. The maximum atomic E-state index is 13.7. The van der Waals surface area contributed by atoms with Crippen molar-refractivity contribution in [3.05, 3.63) is 90.9 Å². The normalized spacial score (nSPS) is 27.9. The first kappa shape index (κ1) is 27.7. The van der Waals surface area contributed by atoms with Crippen molar-refractivity contribution in [3.8, 4) is 0 Å². The molecule has 1 spiro atoms. The predicted octanol–water partition coefficient (Wildman–Crippen LogP) is 5.51. The maximum Gasteiger partial charge on any atom is 0.316 e. The van der Waals surface area contributed by atoms with Gasteiger partial charge in [-0.05, 0) is 53.2 Å². The molecule has 3 aliphatic rings. The Labute approximate surface area is 242 Å². The number of furan rings is 1. The van der Waals surface area contributed by atoms with Crippen LogP contribution >= 0.6 is 0 Å². The Morgan fingerprint density at radius 2 is 1.63 bits per heavy atom. The second-order valence-corrected chi connectivity index (χ2v) is 17.2. The van der Waals surface area contributed by atoms with Gasteiger partial charge in [-0.25, -0.2) is 0 Å². The van der Waals surface area contributed by atoms with Crippen molar-refractivity contribution in [2.75, 3.05) is 13.2 Å². The van der Waals surface area contributed by atoms with Crippen molar-refractivity contribution in [3.63, 3.8) is 0 Å². The molecule has 0 bridgehead atoms. The van der Waals surface area contributed by atoms with E-state index in [1.54, 1.807) is 12.5 Å². The molecule has 6 rings (SSSR count). The molecule has 1 aliphatic carbocycles. The molecule has 0 radical (unpaired) electrons. The zero-order chi connectivity index (χ0) is 28.9. The summed E-state index contributed by atoms with van der Waals surface area (Å²) >= 11 is 0. The van der Waals surface area contributed by atoms with E-state index >= 15 is 0 Å². The van der Waals surface area contributed by atoms with Gasteiger partial charge in [-0.1, -0.05) is 81.4 Å². The van der Waals surface area contributed by atoms with E-state index in [2.05, 4.69) is 69.3 Å². The summed E-state index contributed by atoms with van der Waals surface area (Å²) in [4.78, 5) is 26.7. The van der Waals surface area contributed by atoms with Crippen molar-refractivity contribution >= 4 is 36.2 Å². The standard InChI is InChI=1S/C34H38O6Si/c1-32(2,3)41(26-11-7-5-8-12-26,27-13-9-6-10-14-27)39-20-17-24-21-29(25-16-19-37-22-25)40-34-23-38-31(36)33(34,4)18-15-28(35)30(24)34/h5-14,16,19,21-22,24,30H,15,17-18,20,23H2,1-4H3/t24-,30+,33-,34+/m0/s1. The lowest BCUT2D eigenvalue weighted by atomic mass is 9.56. The Kier molecular flexibility index (Phi) is 6.86. The first-order valence-electron chi connectivity index (χ1n) is 14.5. The van der Waals surface area contributed by atoms with Gasteiger partial charge < -0.3 is 18.3 Å². The van der Waals surface area contributed by atoms with Crippen molar-refractivity contribution in [2.45, 2.75) is 57.6 Å². The summed E-state index contributed by atoms with van der Waals surface area (Å²) in [5, 5.41) is 2.27. The van der Waals surface area contributed by atoms with Crippen molar-refractivity contribution < 1.29 is 27.9 Å². The fourth-order valence-electron chi connectivity index (χ4n) is 7.43. The molecule has 2 aromatic carbocycles. The van der Waals surface area contributed by atoms with Crippen LogP contribution in [0.4, 0.5) is 0 Å². The number of Topliss-reactive ketones (excluding diaryl/α,β-unsaturated/α-hetero) is 1. The molecule has 3 heterocycles. The topological polar surface area (TPSA) is 75.0 Å². The number of rotatable bonds is 7. The molecule has 0 N–H and O–H groups in total. The average Bonchev–Trinajstić information content (AvgIpc) is 3.59. The molecule has 2 fully saturated rings. The molecule has 6 nitrogen and oxygen atoms in total. The van der Waals surface area contributed by atoms with E-state index in [1.165, 1.54) is 10.4 Å². The van der Waals surface area contributed by atoms with Crippen LogP contribution < -0.4 is 10.4 Å². The minimum atomic E-state index is -2.75. The minimum absolute atomic E-state index is 0.0694. The summed E-state index contributed by atoms with van der Waals surface area (Å²) in [5.41, 5.74) is -1.16. The van der Waals surface area contributed by atoms with Crippen LogP contribution in [0.5, 0.6) is 0 Å². The number of ether oxygens (including phenoxy) is 2. The number of hydrogen-bond acceptors (Lipinski definition) is 6. The highest BCUT2D eigenvalue weighted by molar-refractivity contribution is 6.99. The minimum Gasteiger partial charge on any atom is -0.481 e. The SMILES string of the molecule is CC(C)(C)[Si](OCC[C@H]1C=C(c2ccoc2)O[C@@]23COC(=O)[C@]2(C)CCC(=O)[C@@H]13)(c1ccccc1)c1ccccc1. The number of allylic oxidation sites excluding steroid dienone is 1. The Balaban J connectivity index is 1.39. The van der Waals surface area contributed by atoms with E-state index in [0.29, 0.717) is 31.6 Å². The highest BCUT2D eigenvalue weighted by atomic mass is 28.4. The van der Waals surface area contributed by atoms with Crippen LogP contribution in [0, 0.1) is 17.3 Å². The van der Waals surface area contributed by atoms with E-state index in [9.17, 15) is 9.59 Å². The Bertz CT molecular complexity index is 1400. The molecule has 3 aromatic rings. The molecule has 1 saturated heterocycles. The van der Waals surface area contributed by atoms with E-state index in [1.807, 2.05) is 31.2 Å². The van der Waals surface area contributed by atoms with Gasteiger partial charge in [0.05, 0.1) is 17.7 Å². The fourth-order valence-corrected chi connectivity index (χ4v) is 12.0. The fraction of sp³-hybridized carbons (Fsp3) is 0.412. The lowest BCUT2D eigenvalue weighted by molar-refractivity contribution is -0.167. The second-order valence-electron chi connectivity index (χ2n) is 12.9. The van der Waals surface area contributed by atoms with Gasteiger partial charge in [0.25, 0.3) is 8.32 Å². The van der Waals surface area contributed by atoms with Crippen molar-refractivity contribution in [1.29, 1.82) is 0 Å². The van der Waals surface area contributed by atoms with Gasteiger partial charge in [-0.3, -0.25) is 9.59 Å². The average molecular weight is 571 g/mol. The summed E-state index contributed by atoms with van der Waals surface area (Å²) in [6.45, 7) is 9.21. The van der Waals surface area contributed by atoms with Crippen molar-refractivity contribution in [2.24, 2.45) is 17.3 Å². The van der Waals surface area contributed by atoms with Gasteiger partial charge in [0, 0.05) is 13.0 Å². The van der Waals surface area contributed by atoms with Crippen LogP contribution in [0.15, 0.2) is 89.7 Å². The lowest BCUT2D eigenvalue weighted by Crippen LogP contribution is -2.67. The summed E-state index contributed by atoms with van der Waals surface area (Å²) in [6.07, 6.45) is 6.65. The number of ketones is 1. The van der Waals surface area contributed by atoms with Crippen LogP contribution in [-0.2, 0) is 23.5 Å². The molecule has 0 unspecified atom stereocenters. The smallest absolute Gasteiger partial charge is 0.316 e. The molecular formula is C34H38O6Si. The van der Waals surface area contributed by atoms with E-state index in [4.69, 9.17) is 18.3 Å². The highest BCUT2D eigenvalue weighted by Gasteiger charge is 2.71. The lowest BCUT2D eigenvalue weighted by Gasteiger charge is -2.52. The summed E-state index contributed by atoms with van der Waals surface area (Å²) < 4.78 is 24.9. The molecule has 0 amide bonds. The number of carbonyl (C=O) groups is 2. The Morgan fingerprint density at radius 3 is 2.22 bits per heavy atom. The van der Waals surface area contributed by atoms with Crippen LogP contribution in [0.3, 0.4) is 0 Å². The first-order valence-corrected chi connectivity index (χ1v) is 16.4. The number of esters is 1. The summed E-state index contributed by atoms with van der Waals surface area (Å²) in [6, 6.07) is 23.0. The summed E-state index contributed by atoms with van der Waals surface area (Å²) in [7, 11) is -2.75. The third-order valence-corrected chi connectivity index (χ3v) is 14.6. The molecule has 1 aromatic heterocycles. The van der Waals surface area contributed by atoms with Crippen molar-refractivity contribution in [1.82, 2.24) is 0 Å². The zero-order valence-corrected chi connectivity index (χ0v) is 25.2. The van der Waals surface area contributed by atoms with E-state index < -0.39 is 25.3 Å². The van der Waals surface area contributed by atoms with Crippen LogP contribution in [0.25, 0.3) is 5.76 Å². The highest BCUT2D eigenvalue weighted by Crippen LogP contribution is 2.59. The third kappa shape index (κ3) is 4.24. The second kappa shape index (κ2) is 10.1. The first-order chi connectivity index (χ1) is 19.6. The number of hydrogen-bond donors (Lipinski definition) is 0. The molecule has 2 aliphatic heterocycles. The molecular weight excluding hydrogens is 532 g/mol. The van der Waals surface area contributed by atoms with E-state index in [0.717, 1.165) is 5.56 Å². The molecule has 214 valence electrons. The van der Waals surface area contributed by atoms with E-state index in [-0.39, 0.29) is 29.3 Å².